The molecule has 7 heteroatoms. The van der Waals surface area contributed by atoms with Gasteiger partial charge in [0.25, 0.3) is 11.8 Å². The van der Waals surface area contributed by atoms with Crippen LogP contribution in [0.2, 0.25) is 0 Å². The summed E-state index contributed by atoms with van der Waals surface area (Å²) < 4.78 is 0. The molecule has 0 radical (unpaired) electrons. The van der Waals surface area contributed by atoms with E-state index in [1.54, 1.807) is 36.4 Å². The zero-order chi connectivity index (χ0) is 18.0. The second-order valence-electron chi connectivity index (χ2n) is 5.85. The van der Waals surface area contributed by atoms with Crippen molar-refractivity contribution in [3.8, 4) is 0 Å². The molecular formula is C18H18N4O3. The van der Waals surface area contributed by atoms with Gasteiger partial charge in [-0.2, -0.15) is 0 Å². The highest BCUT2D eigenvalue weighted by Crippen LogP contribution is 2.23. The number of nitrogen functional groups attached to an aromatic ring is 1. The fourth-order valence-electron chi connectivity index (χ4n) is 2.63. The standard InChI is InChI=1S/C18H18N4O3/c1-11-6-8-12(9-7-11)22-16(23)10-15(18(22)25)20-21-17(24)13-4-2-3-5-14(13)19/h2-9,15,20H,10,19H2,1H3,(H,21,24). The largest absolute Gasteiger partial charge is 0.398 e. The van der Waals surface area contributed by atoms with Gasteiger partial charge >= 0.3 is 0 Å². The lowest BCUT2D eigenvalue weighted by atomic mass is 10.2. The van der Waals surface area contributed by atoms with Crippen LogP contribution in [0.1, 0.15) is 22.3 Å². The first-order chi connectivity index (χ1) is 12.0. The third-order valence-corrected chi connectivity index (χ3v) is 4.00. The fourth-order valence-corrected chi connectivity index (χ4v) is 2.63. The van der Waals surface area contributed by atoms with E-state index in [1.807, 2.05) is 19.1 Å². The minimum atomic E-state index is -0.817. The second kappa shape index (κ2) is 6.74. The first-order valence-electron chi connectivity index (χ1n) is 7.81. The molecule has 1 atom stereocenters. The average molecular weight is 338 g/mol. The van der Waals surface area contributed by atoms with Crippen molar-refractivity contribution in [2.75, 3.05) is 10.6 Å². The SMILES string of the molecule is Cc1ccc(N2C(=O)CC(NNC(=O)c3ccccc3N)C2=O)cc1. The van der Waals surface area contributed by atoms with Crippen LogP contribution in [-0.4, -0.2) is 23.8 Å². The van der Waals surface area contributed by atoms with Crippen molar-refractivity contribution in [2.24, 2.45) is 0 Å². The number of imide groups is 1. The molecule has 0 bridgehead atoms. The van der Waals surface area contributed by atoms with Crippen molar-refractivity contribution in [2.45, 2.75) is 19.4 Å². The summed E-state index contributed by atoms with van der Waals surface area (Å²) in [6.07, 6.45) is -0.0305. The summed E-state index contributed by atoms with van der Waals surface area (Å²) in [5.41, 5.74) is 13.0. The normalized spacial score (nSPS) is 17.0. The maximum atomic E-state index is 12.5. The number of nitrogens with one attached hydrogen (secondary N) is 2. The molecule has 25 heavy (non-hydrogen) atoms. The minimum absolute atomic E-state index is 0.0305. The number of aryl methyl sites for hydroxylation is 1. The minimum Gasteiger partial charge on any atom is -0.398 e. The number of rotatable bonds is 4. The van der Waals surface area contributed by atoms with Gasteiger partial charge in [-0.3, -0.25) is 19.8 Å². The maximum absolute atomic E-state index is 12.5. The van der Waals surface area contributed by atoms with E-state index >= 15 is 0 Å². The van der Waals surface area contributed by atoms with E-state index in [9.17, 15) is 14.4 Å². The van der Waals surface area contributed by atoms with Gasteiger partial charge in [0, 0.05) is 5.69 Å². The fraction of sp³-hybridized carbons (Fsp3) is 0.167. The number of nitrogens with two attached hydrogens (primary N) is 1. The van der Waals surface area contributed by atoms with Crippen molar-refractivity contribution >= 4 is 29.1 Å². The molecule has 1 heterocycles. The summed E-state index contributed by atoms with van der Waals surface area (Å²) in [6, 6.07) is 12.9. The van der Waals surface area contributed by atoms with Gasteiger partial charge in [0.05, 0.1) is 17.7 Å². The lowest BCUT2D eigenvalue weighted by Gasteiger charge is -2.16. The molecule has 1 fully saturated rings. The van der Waals surface area contributed by atoms with E-state index < -0.39 is 17.9 Å². The van der Waals surface area contributed by atoms with Gasteiger partial charge in [0.1, 0.15) is 6.04 Å². The Morgan fingerprint density at radius 3 is 2.48 bits per heavy atom. The molecule has 1 unspecified atom stereocenters. The molecule has 0 aromatic heterocycles. The smallest absolute Gasteiger partial charge is 0.267 e. The Hall–Kier alpha value is -3.19. The van der Waals surface area contributed by atoms with Crippen molar-refractivity contribution in [3.63, 3.8) is 0 Å². The van der Waals surface area contributed by atoms with Crippen molar-refractivity contribution in [1.82, 2.24) is 10.9 Å². The molecule has 1 aliphatic rings. The monoisotopic (exact) mass is 338 g/mol. The third-order valence-electron chi connectivity index (χ3n) is 4.00. The zero-order valence-electron chi connectivity index (χ0n) is 13.7. The topological polar surface area (TPSA) is 105 Å². The van der Waals surface area contributed by atoms with Gasteiger partial charge in [-0.25, -0.2) is 10.3 Å². The van der Waals surface area contributed by atoms with E-state index in [0.29, 0.717) is 16.9 Å². The summed E-state index contributed by atoms with van der Waals surface area (Å²) in [6.45, 7) is 1.92. The van der Waals surface area contributed by atoms with Crippen LogP contribution in [0.15, 0.2) is 48.5 Å². The van der Waals surface area contributed by atoms with Crippen LogP contribution in [0.3, 0.4) is 0 Å². The summed E-state index contributed by atoms with van der Waals surface area (Å²) in [5, 5.41) is 0. The van der Waals surface area contributed by atoms with Crippen molar-refractivity contribution < 1.29 is 14.4 Å². The molecule has 0 saturated carbocycles. The molecule has 7 nitrogen and oxygen atoms in total. The second-order valence-corrected chi connectivity index (χ2v) is 5.85. The number of hydrogen-bond acceptors (Lipinski definition) is 5. The van der Waals surface area contributed by atoms with Crippen LogP contribution in [0, 0.1) is 6.92 Å². The Morgan fingerprint density at radius 2 is 1.80 bits per heavy atom. The van der Waals surface area contributed by atoms with Crippen molar-refractivity contribution in [1.29, 1.82) is 0 Å². The van der Waals surface area contributed by atoms with Crippen LogP contribution in [-0.2, 0) is 9.59 Å². The quantitative estimate of drug-likeness (QED) is 0.441. The van der Waals surface area contributed by atoms with Gasteiger partial charge in [0.15, 0.2) is 0 Å². The molecule has 0 spiro atoms. The number of para-hydroxylation sites is 1. The first kappa shape index (κ1) is 16.7. The predicted molar refractivity (Wildman–Crippen MR) is 93.5 cm³/mol. The first-order valence-corrected chi connectivity index (χ1v) is 7.81. The lowest BCUT2D eigenvalue weighted by Crippen LogP contribution is -2.48. The number of nitrogens with zero attached hydrogens (tertiary/aromatic N) is 1. The Labute approximate surface area is 144 Å². The third kappa shape index (κ3) is 3.36. The number of carbonyl (C=O) groups is 3. The van der Waals surface area contributed by atoms with Gasteiger partial charge in [-0.05, 0) is 31.2 Å². The molecular weight excluding hydrogens is 320 g/mol. The lowest BCUT2D eigenvalue weighted by molar-refractivity contribution is -0.121. The van der Waals surface area contributed by atoms with E-state index in [-0.39, 0.29) is 12.3 Å². The summed E-state index contributed by atoms with van der Waals surface area (Å²) in [5.74, 6) is -1.19. The van der Waals surface area contributed by atoms with Gasteiger partial charge in [0.2, 0.25) is 5.91 Å². The number of hydrazine groups is 1. The highest BCUT2D eigenvalue weighted by atomic mass is 16.2. The highest BCUT2D eigenvalue weighted by molar-refractivity contribution is 6.22. The predicted octanol–water partition coefficient (Wildman–Crippen LogP) is 1.14. The van der Waals surface area contributed by atoms with Gasteiger partial charge < -0.3 is 5.73 Å². The molecule has 3 rings (SSSR count). The average Bonchev–Trinajstić information content (AvgIpc) is 2.88. The van der Waals surface area contributed by atoms with Crippen LogP contribution < -0.4 is 21.5 Å². The molecule has 1 saturated heterocycles. The van der Waals surface area contributed by atoms with E-state index in [1.165, 1.54) is 0 Å². The molecule has 128 valence electrons. The summed E-state index contributed by atoms with van der Waals surface area (Å²) in [7, 11) is 0. The van der Waals surface area contributed by atoms with Gasteiger partial charge in [-0.1, -0.05) is 29.8 Å². The van der Waals surface area contributed by atoms with Crippen LogP contribution >= 0.6 is 0 Å². The van der Waals surface area contributed by atoms with Gasteiger partial charge in [-0.15, -0.1) is 0 Å². The Kier molecular flexibility index (Phi) is 4.49. The van der Waals surface area contributed by atoms with Crippen LogP contribution in [0.4, 0.5) is 11.4 Å². The van der Waals surface area contributed by atoms with E-state index in [4.69, 9.17) is 5.73 Å². The van der Waals surface area contributed by atoms with E-state index in [0.717, 1.165) is 10.5 Å². The molecule has 2 aromatic rings. The van der Waals surface area contributed by atoms with E-state index in [2.05, 4.69) is 10.9 Å². The number of carbonyl (C=O) groups excluding carboxylic acids is 3. The molecule has 2 aromatic carbocycles. The Morgan fingerprint density at radius 1 is 1.12 bits per heavy atom. The number of benzene rings is 2. The molecule has 3 amide bonds. The zero-order valence-corrected chi connectivity index (χ0v) is 13.7. The Bertz CT molecular complexity index is 832. The summed E-state index contributed by atoms with van der Waals surface area (Å²) >= 11 is 0. The molecule has 1 aliphatic heterocycles. The Balaban J connectivity index is 1.67. The number of hydrogen-bond donors (Lipinski definition) is 3. The van der Waals surface area contributed by atoms with Crippen LogP contribution in [0.25, 0.3) is 0 Å². The molecule has 4 N–H and O–H groups in total. The molecule has 0 aliphatic carbocycles. The summed E-state index contributed by atoms with van der Waals surface area (Å²) in [4.78, 5) is 37.9. The van der Waals surface area contributed by atoms with Crippen molar-refractivity contribution in [3.05, 3.63) is 59.7 Å². The highest BCUT2D eigenvalue weighted by Gasteiger charge is 2.39. The number of anilines is 2. The number of amides is 3. The maximum Gasteiger partial charge on any atom is 0.267 e. The van der Waals surface area contributed by atoms with Crippen LogP contribution in [0.5, 0.6) is 0 Å².